The Morgan fingerprint density at radius 3 is 2.65 bits per heavy atom. The SMILES string of the molecule is CCOCCCNC(=O)Nc1ccc(C)cc1. The Kier molecular flexibility index (Phi) is 6.10. The van der Waals surface area contributed by atoms with Crippen molar-refractivity contribution >= 4 is 11.7 Å². The quantitative estimate of drug-likeness (QED) is 0.746. The van der Waals surface area contributed by atoms with Gasteiger partial charge in [0.1, 0.15) is 0 Å². The lowest BCUT2D eigenvalue weighted by atomic mass is 10.2. The van der Waals surface area contributed by atoms with Crippen LogP contribution in [0.3, 0.4) is 0 Å². The molecule has 1 aromatic rings. The van der Waals surface area contributed by atoms with Crippen LogP contribution < -0.4 is 10.6 Å². The van der Waals surface area contributed by atoms with E-state index in [1.165, 1.54) is 5.56 Å². The van der Waals surface area contributed by atoms with Crippen molar-refractivity contribution in [3.63, 3.8) is 0 Å². The Morgan fingerprint density at radius 2 is 2.00 bits per heavy atom. The van der Waals surface area contributed by atoms with E-state index < -0.39 is 0 Å². The zero-order valence-electron chi connectivity index (χ0n) is 10.5. The summed E-state index contributed by atoms with van der Waals surface area (Å²) in [6, 6.07) is 7.52. The largest absolute Gasteiger partial charge is 0.382 e. The van der Waals surface area contributed by atoms with Crippen molar-refractivity contribution in [3.05, 3.63) is 29.8 Å². The van der Waals surface area contributed by atoms with Gasteiger partial charge >= 0.3 is 6.03 Å². The number of hydrogen-bond acceptors (Lipinski definition) is 2. The number of carbonyl (C=O) groups is 1. The van der Waals surface area contributed by atoms with Gasteiger partial charge in [0.15, 0.2) is 0 Å². The normalized spacial score (nSPS) is 10.0. The zero-order chi connectivity index (χ0) is 12.5. The van der Waals surface area contributed by atoms with E-state index in [2.05, 4.69) is 10.6 Å². The van der Waals surface area contributed by atoms with E-state index in [-0.39, 0.29) is 6.03 Å². The minimum Gasteiger partial charge on any atom is -0.382 e. The van der Waals surface area contributed by atoms with Gasteiger partial charge in [-0.15, -0.1) is 0 Å². The Bertz CT molecular complexity index is 336. The second-order valence-corrected chi connectivity index (χ2v) is 3.80. The standard InChI is InChI=1S/C13H20N2O2/c1-3-17-10-4-9-14-13(16)15-12-7-5-11(2)6-8-12/h5-8H,3-4,9-10H2,1-2H3,(H2,14,15,16). The zero-order valence-corrected chi connectivity index (χ0v) is 10.5. The Labute approximate surface area is 102 Å². The number of carbonyl (C=O) groups excluding carboxylic acids is 1. The van der Waals surface area contributed by atoms with Gasteiger partial charge < -0.3 is 15.4 Å². The molecule has 0 saturated carbocycles. The van der Waals surface area contributed by atoms with Gasteiger partial charge in [0.25, 0.3) is 0 Å². The molecule has 0 aliphatic rings. The molecular weight excluding hydrogens is 216 g/mol. The average molecular weight is 236 g/mol. The van der Waals surface area contributed by atoms with E-state index in [0.29, 0.717) is 13.2 Å². The minimum atomic E-state index is -0.176. The molecule has 0 atom stereocenters. The summed E-state index contributed by atoms with van der Waals surface area (Å²) in [5.74, 6) is 0. The van der Waals surface area contributed by atoms with Gasteiger partial charge in [-0.05, 0) is 32.4 Å². The summed E-state index contributed by atoms with van der Waals surface area (Å²) in [6.07, 6.45) is 0.829. The molecular formula is C13H20N2O2. The summed E-state index contributed by atoms with van der Waals surface area (Å²) in [4.78, 5) is 11.5. The van der Waals surface area contributed by atoms with Crippen LogP contribution >= 0.6 is 0 Å². The van der Waals surface area contributed by atoms with Crippen molar-refractivity contribution < 1.29 is 9.53 Å². The topological polar surface area (TPSA) is 50.4 Å². The summed E-state index contributed by atoms with van der Waals surface area (Å²) in [5.41, 5.74) is 1.98. The average Bonchev–Trinajstić information content (AvgIpc) is 2.32. The Morgan fingerprint density at radius 1 is 1.29 bits per heavy atom. The number of anilines is 1. The first-order valence-corrected chi connectivity index (χ1v) is 5.91. The molecule has 1 aromatic carbocycles. The minimum absolute atomic E-state index is 0.176. The number of nitrogens with one attached hydrogen (secondary N) is 2. The van der Waals surface area contributed by atoms with E-state index in [9.17, 15) is 4.79 Å². The highest BCUT2D eigenvalue weighted by atomic mass is 16.5. The fourth-order valence-electron chi connectivity index (χ4n) is 1.33. The second kappa shape index (κ2) is 7.68. The predicted molar refractivity (Wildman–Crippen MR) is 69.3 cm³/mol. The lowest BCUT2D eigenvalue weighted by Gasteiger charge is -2.07. The molecule has 0 aliphatic heterocycles. The summed E-state index contributed by atoms with van der Waals surface area (Å²) in [7, 11) is 0. The molecule has 0 aromatic heterocycles. The maximum absolute atomic E-state index is 11.5. The van der Waals surface area contributed by atoms with Gasteiger partial charge in [0.05, 0.1) is 0 Å². The molecule has 4 heteroatoms. The lowest BCUT2D eigenvalue weighted by molar-refractivity contribution is 0.145. The summed E-state index contributed by atoms with van der Waals surface area (Å²) < 4.78 is 5.18. The lowest BCUT2D eigenvalue weighted by Crippen LogP contribution is -2.30. The van der Waals surface area contributed by atoms with Crippen LogP contribution in [0.25, 0.3) is 0 Å². The highest BCUT2D eigenvalue weighted by Crippen LogP contribution is 2.07. The van der Waals surface area contributed by atoms with E-state index in [1.807, 2.05) is 38.1 Å². The predicted octanol–water partition coefficient (Wildman–Crippen LogP) is 2.54. The van der Waals surface area contributed by atoms with Crippen LogP contribution in [0.1, 0.15) is 18.9 Å². The van der Waals surface area contributed by atoms with Gasteiger partial charge in [-0.2, -0.15) is 0 Å². The molecule has 2 N–H and O–H groups in total. The first kappa shape index (κ1) is 13.5. The van der Waals surface area contributed by atoms with Crippen molar-refractivity contribution in [3.8, 4) is 0 Å². The van der Waals surface area contributed by atoms with E-state index in [4.69, 9.17) is 4.74 Å². The number of ether oxygens (including phenoxy) is 1. The fraction of sp³-hybridized carbons (Fsp3) is 0.462. The summed E-state index contributed by atoms with van der Waals surface area (Å²) in [6.45, 7) is 5.99. The van der Waals surface area contributed by atoms with Crippen LogP contribution in [0.5, 0.6) is 0 Å². The monoisotopic (exact) mass is 236 g/mol. The van der Waals surface area contributed by atoms with Gasteiger partial charge in [0, 0.05) is 25.4 Å². The third-order valence-electron chi connectivity index (χ3n) is 2.26. The fourth-order valence-corrected chi connectivity index (χ4v) is 1.33. The first-order chi connectivity index (χ1) is 8.22. The molecule has 2 amide bonds. The number of hydrogen-bond donors (Lipinski definition) is 2. The first-order valence-electron chi connectivity index (χ1n) is 5.91. The molecule has 94 valence electrons. The molecule has 0 spiro atoms. The van der Waals surface area contributed by atoms with E-state index in [1.54, 1.807) is 0 Å². The van der Waals surface area contributed by atoms with Crippen molar-refractivity contribution in [2.24, 2.45) is 0 Å². The van der Waals surface area contributed by atoms with Gasteiger partial charge in [0.2, 0.25) is 0 Å². The molecule has 0 fully saturated rings. The molecule has 4 nitrogen and oxygen atoms in total. The third kappa shape index (κ3) is 5.92. The molecule has 0 heterocycles. The molecule has 0 radical (unpaired) electrons. The van der Waals surface area contributed by atoms with Crippen molar-refractivity contribution in [2.45, 2.75) is 20.3 Å². The van der Waals surface area contributed by atoms with Crippen molar-refractivity contribution in [2.75, 3.05) is 25.1 Å². The Hall–Kier alpha value is -1.55. The van der Waals surface area contributed by atoms with Crippen molar-refractivity contribution in [1.29, 1.82) is 0 Å². The molecule has 0 unspecified atom stereocenters. The van der Waals surface area contributed by atoms with E-state index >= 15 is 0 Å². The number of aryl methyl sites for hydroxylation is 1. The van der Waals surface area contributed by atoms with Gasteiger partial charge in [-0.3, -0.25) is 0 Å². The summed E-state index contributed by atoms with van der Waals surface area (Å²) >= 11 is 0. The van der Waals surface area contributed by atoms with Crippen LogP contribution in [0.4, 0.5) is 10.5 Å². The van der Waals surface area contributed by atoms with Crippen LogP contribution in [0.2, 0.25) is 0 Å². The summed E-state index contributed by atoms with van der Waals surface area (Å²) in [5, 5.41) is 5.54. The Balaban J connectivity index is 2.18. The van der Waals surface area contributed by atoms with Crippen LogP contribution in [0.15, 0.2) is 24.3 Å². The highest BCUT2D eigenvalue weighted by Gasteiger charge is 1.99. The number of benzene rings is 1. The molecule has 0 bridgehead atoms. The van der Waals surface area contributed by atoms with Crippen LogP contribution in [-0.2, 0) is 4.74 Å². The number of amides is 2. The molecule has 0 saturated heterocycles. The van der Waals surface area contributed by atoms with Gasteiger partial charge in [-0.25, -0.2) is 4.79 Å². The maximum Gasteiger partial charge on any atom is 0.319 e. The number of urea groups is 1. The van der Waals surface area contributed by atoms with Crippen LogP contribution in [-0.4, -0.2) is 25.8 Å². The van der Waals surface area contributed by atoms with Crippen molar-refractivity contribution in [1.82, 2.24) is 5.32 Å². The molecule has 0 aliphatic carbocycles. The molecule has 1 rings (SSSR count). The van der Waals surface area contributed by atoms with Gasteiger partial charge in [-0.1, -0.05) is 17.7 Å². The smallest absolute Gasteiger partial charge is 0.319 e. The highest BCUT2D eigenvalue weighted by molar-refractivity contribution is 5.89. The van der Waals surface area contributed by atoms with Crippen LogP contribution in [0, 0.1) is 6.92 Å². The van der Waals surface area contributed by atoms with E-state index in [0.717, 1.165) is 18.7 Å². The second-order valence-electron chi connectivity index (χ2n) is 3.80. The maximum atomic E-state index is 11.5. The number of rotatable bonds is 6. The third-order valence-corrected chi connectivity index (χ3v) is 2.26. The molecule has 17 heavy (non-hydrogen) atoms.